The summed E-state index contributed by atoms with van der Waals surface area (Å²) >= 11 is 0. The van der Waals surface area contributed by atoms with Crippen LogP contribution in [0.15, 0.2) is 41.7 Å². The van der Waals surface area contributed by atoms with Gasteiger partial charge in [-0.15, -0.1) is 0 Å². The molecule has 0 amide bonds. The van der Waals surface area contributed by atoms with Gasteiger partial charge in [-0.3, -0.25) is 4.79 Å². The zero-order chi connectivity index (χ0) is 13.2. The third kappa shape index (κ3) is 2.10. The number of rotatable bonds is 4. The van der Waals surface area contributed by atoms with Gasteiger partial charge in [0, 0.05) is 34.9 Å². The van der Waals surface area contributed by atoms with Crippen molar-refractivity contribution in [1.29, 1.82) is 0 Å². The lowest BCUT2D eigenvalue weighted by molar-refractivity contribution is 0.0915. The van der Waals surface area contributed by atoms with Crippen LogP contribution in [0.3, 0.4) is 0 Å². The smallest absolute Gasteiger partial charge is 0.215 e. The molecule has 0 saturated heterocycles. The summed E-state index contributed by atoms with van der Waals surface area (Å²) in [5.74, 6) is 1.11. The first-order chi connectivity index (χ1) is 9.28. The summed E-state index contributed by atoms with van der Waals surface area (Å²) in [5.41, 5.74) is 1.49. The summed E-state index contributed by atoms with van der Waals surface area (Å²) in [6.45, 7) is -0.0205. The summed E-state index contributed by atoms with van der Waals surface area (Å²) in [6, 6.07) is 5.56. The number of fused-ring (bicyclic) bond motifs is 1. The molecule has 0 saturated carbocycles. The van der Waals surface area contributed by atoms with E-state index in [1.54, 1.807) is 25.6 Å². The number of aromatic amines is 1. The van der Waals surface area contributed by atoms with Crippen LogP contribution in [0, 0.1) is 0 Å². The molecule has 3 rings (SSSR count). The van der Waals surface area contributed by atoms with Crippen LogP contribution in [0.5, 0.6) is 5.75 Å². The van der Waals surface area contributed by atoms with Gasteiger partial charge in [0.25, 0.3) is 0 Å². The monoisotopic (exact) mass is 256 g/mol. The minimum absolute atomic E-state index is 0.0205. The number of H-pyrrole nitrogens is 1. The lowest BCUT2D eigenvalue weighted by atomic mass is 10.1. The van der Waals surface area contributed by atoms with Gasteiger partial charge in [0.05, 0.1) is 7.11 Å². The van der Waals surface area contributed by atoms with Gasteiger partial charge in [-0.25, -0.2) is 4.99 Å². The molecule has 0 aliphatic carbocycles. The fraction of sp³-hybridized carbons (Fsp3) is 0.143. The molecule has 5 nitrogen and oxygen atoms in total. The third-order valence-corrected chi connectivity index (χ3v) is 2.96. The molecular weight excluding hydrogens is 244 g/mol. The second-order valence-corrected chi connectivity index (χ2v) is 4.11. The molecule has 1 N–H and O–H groups in total. The number of nitrogens with one attached hydrogen (secondary N) is 1. The maximum absolute atomic E-state index is 12.1. The highest BCUT2D eigenvalue weighted by Gasteiger charge is 2.14. The van der Waals surface area contributed by atoms with Gasteiger partial charge >= 0.3 is 0 Å². The molecule has 2 aromatic rings. The van der Waals surface area contributed by atoms with Crippen LogP contribution in [0.1, 0.15) is 10.4 Å². The second kappa shape index (κ2) is 4.61. The third-order valence-electron chi connectivity index (χ3n) is 2.96. The van der Waals surface area contributed by atoms with E-state index in [9.17, 15) is 4.79 Å². The summed E-state index contributed by atoms with van der Waals surface area (Å²) in [7, 11) is 1.60. The number of hydrogen-bond donors (Lipinski definition) is 1. The van der Waals surface area contributed by atoms with Crippen LogP contribution in [0.4, 0.5) is 0 Å². The molecule has 19 heavy (non-hydrogen) atoms. The Morgan fingerprint density at radius 1 is 1.42 bits per heavy atom. The maximum Gasteiger partial charge on any atom is 0.215 e. The van der Waals surface area contributed by atoms with Crippen molar-refractivity contribution in [3.8, 4) is 5.75 Å². The Bertz CT molecular complexity index is 698. The van der Waals surface area contributed by atoms with E-state index in [2.05, 4.69) is 9.98 Å². The van der Waals surface area contributed by atoms with E-state index in [0.717, 1.165) is 10.9 Å². The Morgan fingerprint density at radius 3 is 2.95 bits per heavy atom. The molecule has 2 heterocycles. The minimum atomic E-state index is -0.0949. The van der Waals surface area contributed by atoms with Gasteiger partial charge in [-0.2, -0.15) is 0 Å². The minimum Gasteiger partial charge on any atom is -0.497 e. The lowest BCUT2D eigenvalue weighted by Gasteiger charge is -2.07. The van der Waals surface area contributed by atoms with E-state index >= 15 is 0 Å². The molecule has 0 unspecified atom stereocenters. The summed E-state index contributed by atoms with van der Waals surface area (Å²) < 4.78 is 10.4. The van der Waals surface area contributed by atoms with Crippen LogP contribution in [-0.4, -0.2) is 30.4 Å². The van der Waals surface area contributed by atoms with Gasteiger partial charge in [-0.1, -0.05) is 0 Å². The van der Waals surface area contributed by atoms with E-state index in [0.29, 0.717) is 17.2 Å². The molecule has 1 aromatic heterocycles. The van der Waals surface area contributed by atoms with E-state index in [-0.39, 0.29) is 12.4 Å². The maximum atomic E-state index is 12.1. The number of carbonyl (C=O) groups is 1. The first-order valence-electron chi connectivity index (χ1n) is 5.83. The van der Waals surface area contributed by atoms with Crippen molar-refractivity contribution in [3.63, 3.8) is 0 Å². The Labute approximate surface area is 109 Å². The van der Waals surface area contributed by atoms with Crippen LogP contribution >= 0.6 is 0 Å². The fourth-order valence-corrected chi connectivity index (χ4v) is 1.90. The summed E-state index contributed by atoms with van der Waals surface area (Å²) in [5, 5.41) is 0.832. The number of hydrogen-bond acceptors (Lipinski definition) is 4. The van der Waals surface area contributed by atoms with Crippen molar-refractivity contribution in [2.75, 3.05) is 13.7 Å². The largest absolute Gasteiger partial charge is 0.497 e. The molecule has 0 spiro atoms. The number of Topliss-reactive ketones (excluding diaryl/α,β-unsaturated/α-hetero) is 1. The Hall–Kier alpha value is -2.56. The van der Waals surface area contributed by atoms with Crippen LogP contribution in [0.25, 0.3) is 10.9 Å². The normalized spacial score (nSPS) is 13.0. The molecule has 5 heteroatoms. The van der Waals surface area contributed by atoms with Gasteiger partial charge < -0.3 is 14.5 Å². The van der Waals surface area contributed by atoms with Crippen molar-refractivity contribution in [2.45, 2.75) is 0 Å². The average molecular weight is 256 g/mol. The van der Waals surface area contributed by atoms with Gasteiger partial charge in [0.1, 0.15) is 5.75 Å². The standard InChI is InChI=1S/C14H12N2O3/c1-18-9-2-3-12-10(6-9)11(7-16-12)13(17)8-19-14-4-5-15-14/h2-7,16H,8H2,1H3. The molecule has 0 fully saturated rings. The number of methoxy groups -OCH3 is 1. The first kappa shape index (κ1) is 11.5. The van der Waals surface area contributed by atoms with Crippen molar-refractivity contribution in [3.05, 3.63) is 42.2 Å². The highest BCUT2D eigenvalue weighted by atomic mass is 16.5. The van der Waals surface area contributed by atoms with Crippen LogP contribution in [-0.2, 0) is 4.74 Å². The molecule has 0 bridgehead atoms. The number of carbonyl (C=O) groups excluding carboxylic acids is 1. The Kier molecular flexibility index (Phi) is 2.79. The zero-order valence-electron chi connectivity index (χ0n) is 10.3. The fourth-order valence-electron chi connectivity index (χ4n) is 1.90. The number of aromatic nitrogens is 1. The number of aliphatic imine (C=N–C) groups is 1. The molecule has 1 aliphatic heterocycles. The first-order valence-corrected chi connectivity index (χ1v) is 5.83. The predicted octanol–water partition coefficient (Wildman–Crippen LogP) is 2.30. The van der Waals surface area contributed by atoms with Crippen molar-refractivity contribution in [1.82, 2.24) is 4.98 Å². The average Bonchev–Trinajstić information content (AvgIpc) is 2.79. The molecule has 1 aliphatic rings. The highest BCUT2D eigenvalue weighted by Crippen LogP contribution is 2.24. The molecule has 0 atom stereocenters. The number of ketones is 1. The Balaban J connectivity index is 1.84. The molecule has 1 aromatic carbocycles. The SMILES string of the molecule is COc1ccc2[nH]cc(C(=O)COC3=NC=C3)c2c1. The number of benzene rings is 1. The van der Waals surface area contributed by atoms with E-state index < -0.39 is 0 Å². The summed E-state index contributed by atoms with van der Waals surface area (Å²) in [6.07, 6.45) is 5.02. The predicted molar refractivity (Wildman–Crippen MR) is 71.7 cm³/mol. The topological polar surface area (TPSA) is 63.7 Å². The van der Waals surface area contributed by atoms with E-state index in [4.69, 9.17) is 9.47 Å². The van der Waals surface area contributed by atoms with E-state index in [1.165, 1.54) is 0 Å². The zero-order valence-corrected chi connectivity index (χ0v) is 10.3. The van der Waals surface area contributed by atoms with Gasteiger partial charge in [-0.05, 0) is 18.2 Å². The van der Waals surface area contributed by atoms with Crippen molar-refractivity contribution in [2.24, 2.45) is 4.99 Å². The lowest BCUT2D eigenvalue weighted by Crippen LogP contribution is -2.14. The quantitative estimate of drug-likeness (QED) is 0.854. The van der Waals surface area contributed by atoms with Gasteiger partial charge in [0.2, 0.25) is 11.7 Å². The Morgan fingerprint density at radius 2 is 2.26 bits per heavy atom. The van der Waals surface area contributed by atoms with Crippen molar-refractivity contribution >= 4 is 22.6 Å². The van der Waals surface area contributed by atoms with Crippen molar-refractivity contribution < 1.29 is 14.3 Å². The molecular formula is C14H12N2O3. The highest BCUT2D eigenvalue weighted by molar-refractivity contribution is 6.09. The van der Waals surface area contributed by atoms with Crippen LogP contribution < -0.4 is 4.74 Å². The molecule has 96 valence electrons. The molecule has 0 radical (unpaired) electrons. The van der Waals surface area contributed by atoms with Gasteiger partial charge in [0.15, 0.2) is 6.61 Å². The second-order valence-electron chi connectivity index (χ2n) is 4.11. The van der Waals surface area contributed by atoms with Crippen LogP contribution in [0.2, 0.25) is 0 Å². The number of nitrogens with zero attached hydrogens (tertiary/aromatic N) is 1. The summed E-state index contributed by atoms with van der Waals surface area (Å²) in [4.78, 5) is 19.0. The number of ether oxygens (including phenoxy) is 2. The van der Waals surface area contributed by atoms with E-state index in [1.807, 2.05) is 18.2 Å².